The van der Waals surface area contributed by atoms with Crippen LogP contribution < -0.4 is 16.0 Å². The number of hydrogen-bond donors (Lipinski definition) is 3. The summed E-state index contributed by atoms with van der Waals surface area (Å²) in [6.45, 7) is 0.861. The molecule has 3 saturated carbocycles. The summed E-state index contributed by atoms with van der Waals surface area (Å²) in [7, 11) is 1.12. The summed E-state index contributed by atoms with van der Waals surface area (Å²) < 4.78 is 60.2. The van der Waals surface area contributed by atoms with Gasteiger partial charge in [0.15, 0.2) is 0 Å². The van der Waals surface area contributed by atoms with Gasteiger partial charge in [0.2, 0.25) is 29.4 Å². The highest BCUT2D eigenvalue weighted by atomic mass is 19.3. The van der Waals surface area contributed by atoms with E-state index in [-0.39, 0.29) is 31.8 Å². The second kappa shape index (κ2) is 13.6. The van der Waals surface area contributed by atoms with Gasteiger partial charge in [-0.05, 0) is 69.6 Å². The van der Waals surface area contributed by atoms with Crippen molar-refractivity contribution in [2.75, 3.05) is 13.7 Å². The van der Waals surface area contributed by atoms with Crippen molar-refractivity contribution in [1.29, 1.82) is 0 Å². The van der Waals surface area contributed by atoms with Gasteiger partial charge in [-0.15, -0.1) is 0 Å². The average Bonchev–Trinajstić information content (AvgIpc) is 3.71. The third kappa shape index (κ3) is 8.83. The van der Waals surface area contributed by atoms with E-state index < -0.39 is 96.6 Å². The van der Waals surface area contributed by atoms with E-state index >= 15 is 0 Å². The topological polar surface area (TPSA) is 134 Å². The SMILES string of the molecule is COC(=O)N[C@H](C(=O)N1CC2(CCCCC2)C[C@H]1C(=O)N[C@@H](CCC(C)(F)F)C(=O)C(=O)NC1CC1)C1CCC(F)(F)CC1. The molecular weight excluding hydrogens is 588 g/mol. The van der Waals surface area contributed by atoms with Crippen molar-refractivity contribution < 1.29 is 46.3 Å². The van der Waals surface area contributed by atoms with Crippen LogP contribution in [-0.2, 0) is 23.9 Å². The molecule has 4 rings (SSSR count). The molecule has 4 fully saturated rings. The lowest BCUT2D eigenvalue weighted by molar-refractivity contribution is -0.144. The first-order valence-electron chi connectivity index (χ1n) is 15.7. The molecule has 1 aliphatic heterocycles. The molecule has 4 amide bonds. The number of carbonyl (C=O) groups excluding carboxylic acids is 5. The summed E-state index contributed by atoms with van der Waals surface area (Å²) in [5, 5.41) is 7.54. The molecule has 0 bridgehead atoms. The number of nitrogens with one attached hydrogen (secondary N) is 3. The Balaban J connectivity index is 1.58. The quantitative estimate of drug-likeness (QED) is 0.234. The normalized spacial score (nSPS) is 24.7. The van der Waals surface area contributed by atoms with Crippen LogP contribution in [0.5, 0.6) is 0 Å². The molecule has 3 aliphatic carbocycles. The first-order chi connectivity index (χ1) is 20.6. The minimum absolute atomic E-state index is 0.0266. The largest absolute Gasteiger partial charge is 0.453 e. The molecule has 1 spiro atoms. The van der Waals surface area contributed by atoms with Crippen LogP contribution >= 0.6 is 0 Å². The van der Waals surface area contributed by atoms with Crippen LogP contribution in [0.25, 0.3) is 0 Å². The third-order valence-electron chi connectivity index (χ3n) is 9.61. The van der Waals surface area contributed by atoms with Crippen LogP contribution in [0.15, 0.2) is 0 Å². The fourth-order valence-electron chi connectivity index (χ4n) is 6.90. The first kappa shape index (κ1) is 34.0. The zero-order valence-corrected chi connectivity index (χ0v) is 25.4. The highest BCUT2D eigenvalue weighted by Crippen LogP contribution is 2.47. The molecule has 0 aromatic carbocycles. The Labute approximate surface area is 254 Å². The van der Waals surface area contributed by atoms with Gasteiger partial charge in [-0.25, -0.2) is 22.4 Å². The summed E-state index contributed by atoms with van der Waals surface area (Å²) >= 11 is 0. The van der Waals surface area contributed by atoms with Crippen LogP contribution in [0.4, 0.5) is 22.4 Å². The number of likely N-dealkylation sites (tertiary alicyclic amines) is 1. The molecule has 0 radical (unpaired) electrons. The molecular formula is C30H44F4N4O6. The summed E-state index contributed by atoms with van der Waals surface area (Å²) in [6.07, 6.45) is 2.76. The number of amides is 4. The number of methoxy groups -OCH3 is 1. The van der Waals surface area contributed by atoms with Gasteiger partial charge in [0.25, 0.3) is 5.91 Å². The lowest BCUT2D eigenvalue weighted by Crippen LogP contribution is -2.58. The van der Waals surface area contributed by atoms with Gasteiger partial charge in [-0.1, -0.05) is 19.3 Å². The number of halogens is 4. The van der Waals surface area contributed by atoms with E-state index in [1.54, 1.807) is 0 Å². The van der Waals surface area contributed by atoms with Gasteiger partial charge in [0.1, 0.15) is 12.1 Å². The fraction of sp³-hybridized carbons (Fsp3) is 0.833. The fourth-order valence-corrected chi connectivity index (χ4v) is 6.90. The summed E-state index contributed by atoms with van der Waals surface area (Å²) in [6, 6.07) is -4.04. The predicted molar refractivity (Wildman–Crippen MR) is 150 cm³/mol. The Morgan fingerprint density at radius 1 is 0.955 bits per heavy atom. The van der Waals surface area contributed by atoms with Gasteiger partial charge >= 0.3 is 6.09 Å². The molecule has 0 aromatic heterocycles. The molecule has 1 saturated heterocycles. The van der Waals surface area contributed by atoms with Crippen molar-refractivity contribution in [3.8, 4) is 0 Å². The number of ether oxygens (including phenoxy) is 1. The number of hydrogen-bond acceptors (Lipinski definition) is 6. The van der Waals surface area contributed by atoms with Crippen LogP contribution in [0.1, 0.15) is 96.8 Å². The van der Waals surface area contributed by atoms with Crippen molar-refractivity contribution in [1.82, 2.24) is 20.9 Å². The van der Waals surface area contributed by atoms with Crippen molar-refractivity contribution >= 4 is 29.6 Å². The van der Waals surface area contributed by atoms with Gasteiger partial charge < -0.3 is 25.6 Å². The van der Waals surface area contributed by atoms with Gasteiger partial charge in [0.05, 0.1) is 13.2 Å². The lowest BCUT2D eigenvalue weighted by Gasteiger charge is -2.37. The van der Waals surface area contributed by atoms with Gasteiger partial charge in [0, 0.05) is 31.8 Å². The number of alkyl carbamates (subject to hydrolysis) is 1. The van der Waals surface area contributed by atoms with Gasteiger partial charge in [-0.3, -0.25) is 19.2 Å². The summed E-state index contributed by atoms with van der Waals surface area (Å²) in [5.41, 5.74) is -0.412. The van der Waals surface area contributed by atoms with E-state index in [9.17, 15) is 41.5 Å². The summed E-state index contributed by atoms with van der Waals surface area (Å²) in [4.78, 5) is 67.2. The minimum atomic E-state index is -3.15. The van der Waals surface area contributed by atoms with Crippen molar-refractivity contribution in [3.05, 3.63) is 0 Å². The van der Waals surface area contributed by atoms with E-state index in [0.29, 0.717) is 19.8 Å². The number of nitrogens with zero attached hydrogens (tertiary/aromatic N) is 1. The number of rotatable bonds is 11. The second-order valence-electron chi connectivity index (χ2n) is 13.3. The molecule has 248 valence electrons. The van der Waals surface area contributed by atoms with Crippen molar-refractivity contribution in [2.24, 2.45) is 11.3 Å². The molecule has 0 unspecified atom stereocenters. The van der Waals surface area contributed by atoms with Gasteiger partial charge in [-0.2, -0.15) is 0 Å². The van der Waals surface area contributed by atoms with Crippen LogP contribution in [0.2, 0.25) is 0 Å². The van der Waals surface area contributed by atoms with Crippen molar-refractivity contribution in [2.45, 2.75) is 133 Å². The number of carbonyl (C=O) groups is 5. The Morgan fingerprint density at radius 3 is 2.16 bits per heavy atom. The van der Waals surface area contributed by atoms with Crippen LogP contribution in [0.3, 0.4) is 0 Å². The first-order valence-corrected chi connectivity index (χ1v) is 15.7. The molecule has 3 N–H and O–H groups in total. The number of ketones is 1. The predicted octanol–water partition coefficient (Wildman–Crippen LogP) is 3.86. The molecule has 44 heavy (non-hydrogen) atoms. The zero-order valence-electron chi connectivity index (χ0n) is 25.4. The molecule has 1 heterocycles. The number of Topliss-reactive ketones (excluding diaryl/α,β-unsaturated/α-hetero) is 1. The van der Waals surface area contributed by atoms with E-state index in [1.807, 2.05) is 0 Å². The zero-order chi connectivity index (χ0) is 32.3. The lowest BCUT2D eigenvalue weighted by atomic mass is 9.72. The minimum Gasteiger partial charge on any atom is -0.453 e. The Bertz CT molecular complexity index is 1100. The van der Waals surface area contributed by atoms with E-state index in [4.69, 9.17) is 4.74 Å². The molecule has 14 heteroatoms. The molecule has 10 nitrogen and oxygen atoms in total. The Kier molecular flexibility index (Phi) is 10.5. The second-order valence-corrected chi connectivity index (χ2v) is 13.3. The maximum atomic E-state index is 14.2. The molecule has 0 aromatic rings. The molecule has 3 atom stereocenters. The Hall–Kier alpha value is -2.93. The number of alkyl halides is 4. The van der Waals surface area contributed by atoms with Crippen LogP contribution in [-0.4, -0.2) is 84.2 Å². The van der Waals surface area contributed by atoms with Crippen molar-refractivity contribution in [3.63, 3.8) is 0 Å². The van der Waals surface area contributed by atoms with E-state index in [2.05, 4.69) is 16.0 Å². The Morgan fingerprint density at radius 2 is 1.59 bits per heavy atom. The third-order valence-corrected chi connectivity index (χ3v) is 9.61. The highest BCUT2D eigenvalue weighted by molar-refractivity contribution is 6.38. The maximum Gasteiger partial charge on any atom is 0.407 e. The highest BCUT2D eigenvalue weighted by Gasteiger charge is 2.52. The standard InChI is InChI=1S/C30H44F4N4O6/c1-28(31,32)13-10-20(23(39)25(41)35-19-6-7-19)36-24(40)21-16-29(11-4-3-5-12-29)17-38(21)26(42)22(37-27(43)44-2)18-8-14-30(33,34)15-9-18/h18-22H,3-17H2,1-2H3,(H,35,41)(H,36,40)(H,37,43)/t20-,21-,22-/m0/s1. The van der Waals surface area contributed by atoms with Crippen LogP contribution in [0, 0.1) is 11.3 Å². The monoisotopic (exact) mass is 632 g/mol. The van der Waals surface area contributed by atoms with E-state index in [0.717, 1.165) is 39.2 Å². The molecule has 4 aliphatic rings. The maximum absolute atomic E-state index is 14.2. The average molecular weight is 633 g/mol. The van der Waals surface area contributed by atoms with E-state index in [1.165, 1.54) is 4.90 Å². The smallest absolute Gasteiger partial charge is 0.407 e. The summed E-state index contributed by atoms with van der Waals surface area (Å²) in [5.74, 6) is -10.0.